The molecule has 2 atom stereocenters. The Hall–Kier alpha value is -1.94. The van der Waals surface area contributed by atoms with Crippen LogP contribution in [0.5, 0.6) is 0 Å². The first-order valence-electron chi connectivity index (χ1n) is 10.3. The average Bonchev–Trinajstić information content (AvgIpc) is 2.69. The summed E-state index contributed by atoms with van der Waals surface area (Å²) in [5.41, 5.74) is 3.72. The molecule has 2 aromatic rings. The van der Waals surface area contributed by atoms with E-state index in [1.165, 1.54) is 29.0 Å². The number of rotatable bonds is 7. The fourth-order valence-corrected chi connectivity index (χ4v) is 4.54. The summed E-state index contributed by atoms with van der Waals surface area (Å²) < 4.78 is 0. The summed E-state index contributed by atoms with van der Waals surface area (Å²) in [5.74, 6) is 1.68. The van der Waals surface area contributed by atoms with Crippen molar-refractivity contribution in [3.63, 3.8) is 0 Å². The second kappa shape index (κ2) is 10.0. The fraction of sp³-hybridized carbons (Fsp3) is 0.458. The average molecular weight is 397 g/mol. The summed E-state index contributed by atoms with van der Waals surface area (Å²) in [6.45, 7) is 8.76. The molecular formula is C24H32N2OS. The van der Waals surface area contributed by atoms with Crippen molar-refractivity contribution < 1.29 is 4.79 Å². The number of piperidine rings is 1. The van der Waals surface area contributed by atoms with Gasteiger partial charge in [0.2, 0.25) is 5.91 Å². The summed E-state index contributed by atoms with van der Waals surface area (Å²) in [7, 11) is 0. The van der Waals surface area contributed by atoms with Gasteiger partial charge in [-0.15, -0.1) is 11.8 Å². The number of thioether (sulfide) groups is 1. The Labute approximate surface area is 173 Å². The van der Waals surface area contributed by atoms with Gasteiger partial charge >= 0.3 is 0 Å². The molecule has 3 nitrogen and oxygen atoms in total. The quantitative estimate of drug-likeness (QED) is 0.619. The van der Waals surface area contributed by atoms with Crippen LogP contribution in [0, 0.1) is 12.8 Å². The number of nitrogens with zero attached hydrogens (tertiary/aromatic N) is 1. The molecule has 1 N–H and O–H groups in total. The van der Waals surface area contributed by atoms with Crippen molar-refractivity contribution in [1.29, 1.82) is 0 Å². The Kier molecular flexibility index (Phi) is 7.43. The molecule has 0 radical (unpaired) electrons. The van der Waals surface area contributed by atoms with E-state index in [1.54, 1.807) is 11.8 Å². The molecule has 150 valence electrons. The second-order valence-electron chi connectivity index (χ2n) is 7.99. The maximum Gasteiger partial charge on any atom is 0.221 e. The SMILES string of the molecule is Cc1ccc(SCCC(=O)N[C@H](C)c2ccc(N3CCC[C@H](C)C3)cc2)cc1. The topological polar surface area (TPSA) is 32.3 Å². The Bertz CT molecular complexity index is 757. The van der Waals surface area contributed by atoms with E-state index in [2.05, 4.69) is 79.5 Å². The summed E-state index contributed by atoms with van der Waals surface area (Å²) >= 11 is 1.73. The minimum atomic E-state index is 0.0335. The molecule has 0 bridgehead atoms. The Balaban J connectivity index is 1.45. The van der Waals surface area contributed by atoms with Gasteiger partial charge in [0.25, 0.3) is 0 Å². The lowest BCUT2D eigenvalue weighted by Gasteiger charge is -2.33. The summed E-state index contributed by atoms with van der Waals surface area (Å²) in [4.78, 5) is 16.0. The monoisotopic (exact) mass is 396 g/mol. The van der Waals surface area contributed by atoms with Gasteiger partial charge in [0, 0.05) is 35.8 Å². The molecule has 1 heterocycles. The number of aryl methyl sites for hydroxylation is 1. The van der Waals surface area contributed by atoms with Crippen LogP contribution in [0.15, 0.2) is 53.4 Å². The van der Waals surface area contributed by atoms with Gasteiger partial charge in [-0.1, -0.05) is 36.8 Å². The predicted octanol–water partition coefficient (Wildman–Crippen LogP) is 5.59. The molecule has 4 heteroatoms. The molecule has 1 amide bonds. The molecule has 2 aromatic carbocycles. The molecule has 0 saturated carbocycles. The van der Waals surface area contributed by atoms with Gasteiger partial charge in [0.05, 0.1) is 6.04 Å². The summed E-state index contributed by atoms with van der Waals surface area (Å²) in [6.07, 6.45) is 3.14. The lowest BCUT2D eigenvalue weighted by Crippen LogP contribution is -2.34. The van der Waals surface area contributed by atoms with Gasteiger partial charge in [-0.2, -0.15) is 0 Å². The molecule has 0 aliphatic carbocycles. The first-order chi connectivity index (χ1) is 13.5. The van der Waals surface area contributed by atoms with Gasteiger partial charge in [-0.25, -0.2) is 0 Å². The van der Waals surface area contributed by atoms with Crippen LogP contribution in [0.1, 0.15) is 50.3 Å². The van der Waals surface area contributed by atoms with Crippen LogP contribution in [0.4, 0.5) is 5.69 Å². The number of amides is 1. The van der Waals surface area contributed by atoms with Gasteiger partial charge in [-0.3, -0.25) is 4.79 Å². The van der Waals surface area contributed by atoms with Gasteiger partial charge in [0.15, 0.2) is 0 Å². The van der Waals surface area contributed by atoms with E-state index in [-0.39, 0.29) is 11.9 Å². The van der Waals surface area contributed by atoms with E-state index in [9.17, 15) is 4.79 Å². The molecule has 1 aliphatic rings. The number of benzene rings is 2. The van der Waals surface area contributed by atoms with Crippen LogP contribution < -0.4 is 10.2 Å². The second-order valence-corrected chi connectivity index (χ2v) is 9.15. The van der Waals surface area contributed by atoms with Gasteiger partial charge in [-0.05, 0) is 62.4 Å². The van der Waals surface area contributed by atoms with Crippen LogP contribution in [0.25, 0.3) is 0 Å². The van der Waals surface area contributed by atoms with E-state index < -0.39 is 0 Å². The highest BCUT2D eigenvalue weighted by atomic mass is 32.2. The zero-order valence-corrected chi connectivity index (χ0v) is 18.1. The van der Waals surface area contributed by atoms with Crippen LogP contribution in [-0.2, 0) is 4.79 Å². The lowest BCUT2D eigenvalue weighted by atomic mass is 9.99. The van der Waals surface area contributed by atoms with E-state index >= 15 is 0 Å². The highest BCUT2D eigenvalue weighted by Crippen LogP contribution is 2.25. The third kappa shape index (κ3) is 6.03. The Morgan fingerprint density at radius 1 is 1.18 bits per heavy atom. The lowest BCUT2D eigenvalue weighted by molar-refractivity contribution is -0.121. The molecule has 1 aliphatic heterocycles. The van der Waals surface area contributed by atoms with Crippen LogP contribution in [-0.4, -0.2) is 24.7 Å². The molecule has 28 heavy (non-hydrogen) atoms. The summed E-state index contributed by atoms with van der Waals surface area (Å²) in [6, 6.07) is 17.2. The maximum absolute atomic E-state index is 12.3. The molecule has 0 spiro atoms. The molecule has 3 rings (SSSR count). The van der Waals surface area contributed by atoms with Crippen LogP contribution in [0.3, 0.4) is 0 Å². The predicted molar refractivity (Wildman–Crippen MR) is 120 cm³/mol. The van der Waals surface area contributed by atoms with E-state index in [0.29, 0.717) is 6.42 Å². The van der Waals surface area contributed by atoms with Crippen molar-refractivity contribution in [2.75, 3.05) is 23.7 Å². The molecule has 0 aromatic heterocycles. The number of carbonyl (C=O) groups excluding carboxylic acids is 1. The smallest absolute Gasteiger partial charge is 0.221 e. The van der Waals surface area contributed by atoms with Crippen molar-refractivity contribution in [3.05, 3.63) is 59.7 Å². The van der Waals surface area contributed by atoms with Crippen molar-refractivity contribution >= 4 is 23.4 Å². The minimum absolute atomic E-state index is 0.0335. The van der Waals surface area contributed by atoms with Gasteiger partial charge in [0.1, 0.15) is 0 Å². The van der Waals surface area contributed by atoms with Crippen molar-refractivity contribution in [2.24, 2.45) is 5.92 Å². The maximum atomic E-state index is 12.3. The van der Waals surface area contributed by atoms with Crippen LogP contribution >= 0.6 is 11.8 Å². The normalized spacial score (nSPS) is 18.0. The van der Waals surface area contributed by atoms with E-state index in [1.807, 2.05) is 0 Å². The Morgan fingerprint density at radius 2 is 1.89 bits per heavy atom. The highest BCUT2D eigenvalue weighted by Gasteiger charge is 2.17. The molecule has 1 saturated heterocycles. The minimum Gasteiger partial charge on any atom is -0.371 e. The third-order valence-electron chi connectivity index (χ3n) is 5.41. The number of carbonyl (C=O) groups is 1. The molecular weight excluding hydrogens is 364 g/mol. The standard InChI is InChI=1S/C24H32N2OS/c1-18-6-12-23(13-7-18)28-16-14-24(27)25-20(3)21-8-10-22(11-9-21)26-15-4-5-19(2)17-26/h6-13,19-20H,4-5,14-17H2,1-3H3,(H,25,27)/t19-,20+/m0/s1. The number of hydrogen-bond donors (Lipinski definition) is 1. The first kappa shape index (κ1) is 20.8. The van der Waals surface area contributed by atoms with E-state index in [4.69, 9.17) is 0 Å². The zero-order valence-electron chi connectivity index (χ0n) is 17.3. The fourth-order valence-electron chi connectivity index (χ4n) is 3.69. The highest BCUT2D eigenvalue weighted by molar-refractivity contribution is 7.99. The Morgan fingerprint density at radius 3 is 2.57 bits per heavy atom. The van der Waals surface area contributed by atoms with Gasteiger partial charge < -0.3 is 10.2 Å². The third-order valence-corrected chi connectivity index (χ3v) is 6.43. The van der Waals surface area contributed by atoms with Crippen molar-refractivity contribution in [2.45, 2.75) is 51.0 Å². The number of hydrogen-bond acceptors (Lipinski definition) is 3. The number of nitrogens with one attached hydrogen (secondary N) is 1. The first-order valence-corrected chi connectivity index (χ1v) is 11.3. The molecule has 1 fully saturated rings. The molecule has 0 unspecified atom stereocenters. The van der Waals surface area contributed by atoms with E-state index in [0.717, 1.165) is 30.3 Å². The largest absolute Gasteiger partial charge is 0.371 e. The summed E-state index contributed by atoms with van der Waals surface area (Å²) in [5, 5.41) is 3.13. The van der Waals surface area contributed by atoms with Crippen molar-refractivity contribution in [1.82, 2.24) is 5.32 Å². The van der Waals surface area contributed by atoms with Crippen molar-refractivity contribution in [3.8, 4) is 0 Å². The number of anilines is 1. The zero-order chi connectivity index (χ0) is 19.9. The van der Waals surface area contributed by atoms with Crippen LogP contribution in [0.2, 0.25) is 0 Å².